The van der Waals surface area contributed by atoms with Crippen LogP contribution in [0.2, 0.25) is 5.02 Å². The van der Waals surface area contributed by atoms with Crippen LogP contribution in [0.3, 0.4) is 0 Å². The average molecular weight is 492 g/mol. The summed E-state index contributed by atoms with van der Waals surface area (Å²) in [6.45, 7) is 3.17. The number of phenolic OH excluding ortho intramolecular Hbond substituents is 1. The van der Waals surface area contributed by atoms with E-state index in [1.165, 1.54) is 18.2 Å². The van der Waals surface area contributed by atoms with Crippen LogP contribution in [0.5, 0.6) is 11.5 Å². The summed E-state index contributed by atoms with van der Waals surface area (Å²) < 4.78 is 5.28. The summed E-state index contributed by atoms with van der Waals surface area (Å²) in [7, 11) is 0. The fraction of sp³-hybridized carbons (Fsp3) is 0.222. The Bertz CT molecular complexity index is 912. The normalized spacial score (nSPS) is 9.69. The van der Waals surface area contributed by atoms with E-state index in [-0.39, 0.29) is 48.5 Å². The Balaban J connectivity index is 0.000000733. The van der Waals surface area contributed by atoms with Crippen molar-refractivity contribution in [3.05, 3.63) is 40.4 Å². The first kappa shape index (κ1) is 28.8. The molecule has 0 aliphatic carbocycles. The fourth-order valence-corrected chi connectivity index (χ4v) is 2.51. The Kier molecular flexibility index (Phi) is 11.4. The molecule has 0 aliphatic rings. The minimum absolute atomic E-state index is 0. The van der Waals surface area contributed by atoms with Crippen LogP contribution in [-0.4, -0.2) is 35.5 Å². The standard InChI is InChI=1S/C11H18N6O4.C7H8ClNO.ClH/c1-6-4-9(21-3-2-18)8(17(15)11(13)20)5-7(6)16(14)10(12)19;1-4-2-5(8)6(9)3-7(4)10;/h4-5,18H,2-3,14-15H2,1H3,(H2,12,19)(H2,13,20);2-3,10H,9H2,1H3;1H. The first-order valence-corrected chi connectivity index (χ1v) is 9.09. The Morgan fingerprint density at radius 3 is 2.00 bits per heavy atom. The van der Waals surface area contributed by atoms with E-state index in [1.807, 2.05) is 0 Å². The highest BCUT2D eigenvalue weighted by molar-refractivity contribution is 6.33. The van der Waals surface area contributed by atoms with Gasteiger partial charge in [0, 0.05) is 6.07 Å². The van der Waals surface area contributed by atoms with Gasteiger partial charge in [-0.15, -0.1) is 12.4 Å². The number of hydrogen-bond donors (Lipinski definition) is 7. The molecule has 2 rings (SSSR count). The van der Waals surface area contributed by atoms with Crippen LogP contribution in [0, 0.1) is 13.8 Å². The van der Waals surface area contributed by atoms with Crippen molar-refractivity contribution in [3.8, 4) is 11.5 Å². The molecule has 0 spiro atoms. The monoisotopic (exact) mass is 491 g/mol. The maximum atomic E-state index is 11.2. The second kappa shape index (κ2) is 12.6. The summed E-state index contributed by atoms with van der Waals surface area (Å²) in [6, 6.07) is 4.06. The highest BCUT2D eigenvalue weighted by Gasteiger charge is 2.20. The first-order valence-electron chi connectivity index (χ1n) is 8.72. The minimum atomic E-state index is -0.943. The lowest BCUT2D eigenvalue weighted by Crippen LogP contribution is -2.43. The molecular weight excluding hydrogens is 465 g/mol. The maximum absolute atomic E-state index is 11.2. The Hall–Kier alpha value is -3.16. The quantitative estimate of drug-likeness (QED) is 0.139. The number of aliphatic hydroxyl groups is 1. The van der Waals surface area contributed by atoms with Crippen LogP contribution in [0.4, 0.5) is 26.7 Å². The van der Waals surface area contributed by atoms with E-state index in [9.17, 15) is 9.59 Å². The van der Waals surface area contributed by atoms with Crippen LogP contribution in [0.25, 0.3) is 0 Å². The second-order valence-electron chi connectivity index (χ2n) is 6.26. The predicted molar refractivity (Wildman–Crippen MR) is 126 cm³/mol. The van der Waals surface area contributed by atoms with Gasteiger partial charge in [-0.3, -0.25) is 0 Å². The number of primary amides is 2. The minimum Gasteiger partial charge on any atom is -0.508 e. The molecule has 0 aromatic heterocycles. The molecule has 12 nitrogen and oxygen atoms in total. The summed E-state index contributed by atoms with van der Waals surface area (Å²) in [5, 5.41) is 19.7. The summed E-state index contributed by atoms with van der Waals surface area (Å²) in [5.41, 5.74) is 17.6. The fourth-order valence-electron chi connectivity index (χ4n) is 2.29. The van der Waals surface area contributed by atoms with Crippen molar-refractivity contribution in [3.63, 3.8) is 0 Å². The van der Waals surface area contributed by atoms with Crippen molar-refractivity contribution in [2.45, 2.75) is 13.8 Å². The van der Waals surface area contributed by atoms with Gasteiger partial charge in [0.1, 0.15) is 23.8 Å². The number of carbonyl (C=O) groups is 2. The first-order chi connectivity index (χ1) is 14.4. The van der Waals surface area contributed by atoms with Crippen LogP contribution in [0.15, 0.2) is 24.3 Å². The third kappa shape index (κ3) is 7.51. The van der Waals surface area contributed by atoms with Gasteiger partial charge in [-0.05, 0) is 43.2 Å². The van der Waals surface area contributed by atoms with E-state index in [0.29, 0.717) is 26.3 Å². The smallest absolute Gasteiger partial charge is 0.333 e. The molecule has 0 saturated carbocycles. The van der Waals surface area contributed by atoms with Crippen LogP contribution >= 0.6 is 24.0 Å². The van der Waals surface area contributed by atoms with Gasteiger partial charge in [0.2, 0.25) is 0 Å². The van der Waals surface area contributed by atoms with E-state index in [2.05, 4.69) is 0 Å². The molecule has 4 amide bonds. The molecule has 0 bridgehead atoms. The number of benzene rings is 2. The number of aryl methyl sites for hydroxylation is 2. The van der Waals surface area contributed by atoms with E-state index in [0.717, 1.165) is 5.56 Å². The highest BCUT2D eigenvalue weighted by Crippen LogP contribution is 2.34. The number of hydrogen-bond acceptors (Lipinski definition) is 8. The lowest BCUT2D eigenvalue weighted by atomic mass is 10.1. The number of nitrogens with zero attached hydrogens (tertiary/aromatic N) is 2. The molecule has 14 heteroatoms. The molecule has 0 aliphatic heterocycles. The van der Waals surface area contributed by atoms with Crippen molar-refractivity contribution in [2.24, 2.45) is 23.2 Å². The lowest BCUT2D eigenvalue weighted by Gasteiger charge is -2.23. The Morgan fingerprint density at radius 2 is 1.53 bits per heavy atom. The van der Waals surface area contributed by atoms with Gasteiger partial charge < -0.3 is 32.2 Å². The largest absolute Gasteiger partial charge is 0.508 e. The highest BCUT2D eigenvalue weighted by atomic mass is 35.5. The maximum Gasteiger partial charge on any atom is 0.333 e. The topological polar surface area (TPSA) is 220 Å². The van der Waals surface area contributed by atoms with Crippen molar-refractivity contribution in [2.75, 3.05) is 29.0 Å². The number of phenols is 1. The zero-order valence-electron chi connectivity index (χ0n) is 17.4. The number of ether oxygens (including phenoxy) is 1. The van der Waals surface area contributed by atoms with E-state index < -0.39 is 12.1 Å². The van der Waals surface area contributed by atoms with Crippen LogP contribution in [-0.2, 0) is 0 Å². The van der Waals surface area contributed by atoms with Gasteiger partial charge >= 0.3 is 12.1 Å². The van der Waals surface area contributed by atoms with Crippen molar-refractivity contribution >= 4 is 53.1 Å². The number of rotatable bonds is 5. The van der Waals surface area contributed by atoms with Crippen LogP contribution in [0.1, 0.15) is 11.1 Å². The summed E-state index contributed by atoms with van der Waals surface area (Å²) >= 11 is 5.65. The Labute approximate surface area is 195 Å². The molecule has 2 aromatic rings. The zero-order valence-corrected chi connectivity index (χ0v) is 19.0. The molecule has 0 heterocycles. The van der Waals surface area contributed by atoms with E-state index in [1.54, 1.807) is 19.9 Å². The molecule has 0 unspecified atom stereocenters. The number of nitrogen functional groups attached to an aromatic ring is 1. The molecule has 12 N–H and O–H groups in total. The molecule has 32 heavy (non-hydrogen) atoms. The van der Waals surface area contributed by atoms with Crippen molar-refractivity contribution < 1.29 is 24.5 Å². The van der Waals surface area contributed by atoms with Crippen molar-refractivity contribution in [1.29, 1.82) is 0 Å². The van der Waals surface area contributed by atoms with Gasteiger partial charge in [-0.1, -0.05) is 11.6 Å². The number of nitrogens with two attached hydrogens (primary N) is 5. The predicted octanol–water partition coefficient (Wildman–Crippen LogP) is 1.24. The summed E-state index contributed by atoms with van der Waals surface area (Å²) in [5.74, 6) is 11.5. The third-order valence-electron chi connectivity index (χ3n) is 3.94. The number of carbonyl (C=O) groups excluding carboxylic acids is 2. The lowest BCUT2D eigenvalue weighted by molar-refractivity contribution is 0.201. The second-order valence-corrected chi connectivity index (χ2v) is 6.66. The molecule has 178 valence electrons. The SMILES string of the molecule is Cc1cc(Cl)c(N)cc1O.Cc1cc(OCCO)c(N(N)C(N)=O)cc1N(N)C(N)=O.Cl. The number of aromatic hydroxyl groups is 1. The molecule has 0 radical (unpaired) electrons. The van der Waals surface area contributed by atoms with Gasteiger partial charge in [0.25, 0.3) is 0 Å². The Morgan fingerprint density at radius 1 is 1.00 bits per heavy atom. The molecule has 2 aromatic carbocycles. The number of amides is 4. The molecule has 0 saturated heterocycles. The third-order valence-corrected chi connectivity index (χ3v) is 4.26. The van der Waals surface area contributed by atoms with Gasteiger partial charge in [-0.25, -0.2) is 31.3 Å². The van der Waals surface area contributed by atoms with Crippen molar-refractivity contribution in [1.82, 2.24) is 0 Å². The van der Waals surface area contributed by atoms with Gasteiger partial charge in [0.05, 0.1) is 23.0 Å². The molecule has 0 atom stereocenters. The molecule has 0 fully saturated rings. The number of hydrazine groups is 2. The molecular formula is C18H27Cl2N7O5. The number of anilines is 3. The van der Waals surface area contributed by atoms with E-state index in [4.69, 9.17) is 55.4 Å². The van der Waals surface area contributed by atoms with Gasteiger partial charge in [0.15, 0.2) is 0 Å². The number of halogens is 2. The van der Waals surface area contributed by atoms with Crippen LogP contribution < -0.4 is 43.6 Å². The summed E-state index contributed by atoms with van der Waals surface area (Å²) in [6.07, 6.45) is 0. The zero-order chi connectivity index (χ0) is 23.9. The summed E-state index contributed by atoms with van der Waals surface area (Å²) in [4.78, 5) is 22.4. The number of urea groups is 2. The van der Waals surface area contributed by atoms with Gasteiger partial charge in [-0.2, -0.15) is 0 Å². The average Bonchev–Trinajstić information content (AvgIpc) is 2.70. The number of aliphatic hydroxyl groups excluding tert-OH is 1. The van der Waals surface area contributed by atoms with E-state index >= 15 is 0 Å².